The van der Waals surface area contributed by atoms with Crippen LogP contribution in [0.5, 0.6) is 0 Å². The molecule has 1 aromatic heterocycles. The maximum absolute atomic E-state index is 6.18. The zero-order chi connectivity index (χ0) is 13.9. The van der Waals surface area contributed by atoms with Crippen molar-refractivity contribution in [1.29, 1.82) is 0 Å². The molecule has 0 saturated carbocycles. The van der Waals surface area contributed by atoms with Crippen molar-refractivity contribution in [3.05, 3.63) is 69.8 Å². The third-order valence-electron chi connectivity index (χ3n) is 2.88. The van der Waals surface area contributed by atoms with Gasteiger partial charge in [0, 0.05) is 21.6 Å². The lowest BCUT2D eigenvalue weighted by Crippen LogP contribution is -1.88. The number of aliphatic imine (C=N–C) groups is 1. The van der Waals surface area contributed by atoms with Gasteiger partial charge in [0.1, 0.15) is 5.15 Å². The lowest BCUT2D eigenvalue weighted by Gasteiger charge is -2.01. The summed E-state index contributed by atoms with van der Waals surface area (Å²) in [6.07, 6.45) is 1.74. The third-order valence-corrected chi connectivity index (χ3v) is 3.72. The van der Waals surface area contributed by atoms with Crippen molar-refractivity contribution in [2.45, 2.75) is 0 Å². The van der Waals surface area contributed by atoms with E-state index in [0.29, 0.717) is 5.15 Å². The van der Waals surface area contributed by atoms with Crippen molar-refractivity contribution in [2.24, 2.45) is 4.99 Å². The minimum atomic E-state index is 0.463. The highest BCUT2D eigenvalue weighted by atomic mass is 79.9. The molecule has 0 fully saturated rings. The second-order valence-electron chi connectivity index (χ2n) is 4.30. The van der Waals surface area contributed by atoms with Gasteiger partial charge in [-0.2, -0.15) is 0 Å². The fourth-order valence-electron chi connectivity index (χ4n) is 1.87. The highest BCUT2D eigenvalue weighted by molar-refractivity contribution is 9.10. The van der Waals surface area contributed by atoms with Crippen molar-refractivity contribution >= 4 is 50.3 Å². The number of para-hydroxylation sites is 1. The molecule has 0 atom stereocenters. The maximum Gasteiger partial charge on any atom is 0.138 e. The number of rotatable bonds is 2. The lowest BCUT2D eigenvalue weighted by molar-refractivity contribution is 1.39. The van der Waals surface area contributed by atoms with Gasteiger partial charge in [0.05, 0.1) is 11.2 Å². The first-order valence-electron chi connectivity index (χ1n) is 6.07. The molecule has 0 aliphatic heterocycles. The van der Waals surface area contributed by atoms with E-state index in [1.165, 1.54) is 0 Å². The van der Waals surface area contributed by atoms with Gasteiger partial charge in [0.25, 0.3) is 0 Å². The highest BCUT2D eigenvalue weighted by Crippen LogP contribution is 2.21. The molecule has 3 rings (SSSR count). The summed E-state index contributed by atoms with van der Waals surface area (Å²) in [5.74, 6) is 0. The second-order valence-corrected chi connectivity index (χ2v) is 5.57. The van der Waals surface area contributed by atoms with Crippen molar-refractivity contribution in [1.82, 2.24) is 4.98 Å². The molecule has 20 heavy (non-hydrogen) atoms. The molecule has 0 amide bonds. The molecule has 4 heteroatoms. The Morgan fingerprint density at radius 3 is 2.60 bits per heavy atom. The minimum absolute atomic E-state index is 0.463. The van der Waals surface area contributed by atoms with Gasteiger partial charge in [0.15, 0.2) is 0 Å². The normalized spacial score (nSPS) is 11.3. The Balaban J connectivity index is 1.97. The number of hydrogen-bond donors (Lipinski definition) is 0. The molecule has 0 unspecified atom stereocenters. The molecule has 0 aliphatic rings. The predicted molar refractivity (Wildman–Crippen MR) is 88.1 cm³/mol. The Morgan fingerprint density at radius 2 is 1.80 bits per heavy atom. The van der Waals surface area contributed by atoms with E-state index < -0.39 is 0 Å². The van der Waals surface area contributed by atoms with Crippen molar-refractivity contribution in [3.8, 4) is 0 Å². The molecule has 0 saturated heterocycles. The van der Waals surface area contributed by atoms with Gasteiger partial charge >= 0.3 is 0 Å². The molecule has 2 aromatic carbocycles. The highest BCUT2D eigenvalue weighted by Gasteiger charge is 2.02. The summed E-state index contributed by atoms with van der Waals surface area (Å²) in [7, 11) is 0. The average Bonchev–Trinajstić information content (AvgIpc) is 2.47. The lowest BCUT2D eigenvalue weighted by atomic mass is 10.2. The van der Waals surface area contributed by atoms with Crippen LogP contribution >= 0.6 is 27.5 Å². The van der Waals surface area contributed by atoms with Gasteiger partial charge < -0.3 is 0 Å². The van der Waals surface area contributed by atoms with Crippen LogP contribution < -0.4 is 0 Å². The van der Waals surface area contributed by atoms with Gasteiger partial charge in [-0.25, -0.2) is 4.98 Å². The maximum atomic E-state index is 6.18. The quantitative estimate of drug-likeness (QED) is 0.451. The molecular weight excluding hydrogens is 336 g/mol. The summed E-state index contributed by atoms with van der Waals surface area (Å²) < 4.78 is 1.03. The van der Waals surface area contributed by atoms with E-state index in [-0.39, 0.29) is 0 Å². The molecule has 0 spiro atoms. The van der Waals surface area contributed by atoms with E-state index in [1.807, 2.05) is 54.6 Å². The van der Waals surface area contributed by atoms with Crippen LogP contribution in [0.1, 0.15) is 5.56 Å². The van der Waals surface area contributed by atoms with E-state index in [1.54, 1.807) is 6.21 Å². The fourth-order valence-corrected chi connectivity index (χ4v) is 2.33. The topological polar surface area (TPSA) is 25.2 Å². The molecule has 0 aliphatic carbocycles. The number of aromatic nitrogens is 1. The van der Waals surface area contributed by atoms with Crippen LogP contribution in [0.25, 0.3) is 10.9 Å². The van der Waals surface area contributed by atoms with Gasteiger partial charge in [-0.05, 0) is 36.4 Å². The van der Waals surface area contributed by atoms with Gasteiger partial charge in [0.2, 0.25) is 0 Å². The number of halogens is 2. The minimum Gasteiger partial charge on any atom is -0.256 e. The Morgan fingerprint density at radius 1 is 1.05 bits per heavy atom. The molecular formula is C16H10BrClN2. The fraction of sp³-hybridized carbons (Fsp3) is 0. The van der Waals surface area contributed by atoms with Crippen molar-refractivity contribution in [2.75, 3.05) is 0 Å². The SMILES string of the molecule is Clc1nc2ccccc2cc1C=Nc1ccc(Br)cc1. The zero-order valence-corrected chi connectivity index (χ0v) is 12.8. The first-order valence-corrected chi connectivity index (χ1v) is 7.24. The number of pyridine rings is 1. The van der Waals surface area contributed by atoms with Crippen LogP contribution in [0, 0.1) is 0 Å². The van der Waals surface area contributed by atoms with Crippen LogP contribution in [-0.2, 0) is 0 Å². The van der Waals surface area contributed by atoms with Crippen molar-refractivity contribution in [3.63, 3.8) is 0 Å². The number of nitrogens with zero attached hydrogens (tertiary/aromatic N) is 2. The van der Waals surface area contributed by atoms with Crippen LogP contribution in [0.15, 0.2) is 64.1 Å². The molecule has 0 N–H and O–H groups in total. The van der Waals surface area contributed by atoms with E-state index in [4.69, 9.17) is 11.6 Å². The molecule has 0 bridgehead atoms. The number of benzene rings is 2. The van der Waals surface area contributed by atoms with E-state index in [0.717, 1.165) is 26.6 Å². The van der Waals surface area contributed by atoms with E-state index in [9.17, 15) is 0 Å². The van der Waals surface area contributed by atoms with Gasteiger partial charge in [-0.15, -0.1) is 0 Å². The van der Waals surface area contributed by atoms with Crippen LogP contribution in [0.3, 0.4) is 0 Å². The zero-order valence-electron chi connectivity index (χ0n) is 10.4. The van der Waals surface area contributed by atoms with Crippen molar-refractivity contribution < 1.29 is 0 Å². The number of hydrogen-bond acceptors (Lipinski definition) is 2. The Labute approximate surface area is 130 Å². The Hall–Kier alpha value is -1.71. The Bertz CT molecular complexity index is 782. The molecule has 3 aromatic rings. The average molecular weight is 346 g/mol. The molecule has 1 heterocycles. The van der Waals surface area contributed by atoms with Gasteiger partial charge in [-0.3, -0.25) is 4.99 Å². The summed E-state index contributed by atoms with van der Waals surface area (Å²) in [5.41, 5.74) is 2.57. The van der Waals surface area contributed by atoms with Crippen LogP contribution in [0.4, 0.5) is 5.69 Å². The second kappa shape index (κ2) is 5.73. The predicted octanol–water partition coefficient (Wildman–Crippen LogP) is 5.40. The summed E-state index contributed by atoms with van der Waals surface area (Å²) >= 11 is 9.58. The first-order chi connectivity index (χ1) is 9.72. The third kappa shape index (κ3) is 2.89. The molecule has 98 valence electrons. The monoisotopic (exact) mass is 344 g/mol. The standard InChI is InChI=1S/C16H10BrClN2/c17-13-5-7-14(8-6-13)19-10-12-9-11-3-1-2-4-15(11)20-16(12)18/h1-10H. The van der Waals surface area contributed by atoms with Crippen LogP contribution in [-0.4, -0.2) is 11.2 Å². The summed E-state index contributed by atoms with van der Waals surface area (Å²) in [4.78, 5) is 8.78. The summed E-state index contributed by atoms with van der Waals surface area (Å²) in [5, 5.41) is 1.51. The summed E-state index contributed by atoms with van der Waals surface area (Å²) in [6.45, 7) is 0. The molecule has 2 nitrogen and oxygen atoms in total. The Kier molecular flexibility index (Phi) is 3.81. The largest absolute Gasteiger partial charge is 0.256 e. The number of fused-ring (bicyclic) bond motifs is 1. The molecule has 0 radical (unpaired) electrons. The summed E-state index contributed by atoms with van der Waals surface area (Å²) in [6, 6.07) is 17.6. The van der Waals surface area contributed by atoms with E-state index in [2.05, 4.69) is 25.9 Å². The van der Waals surface area contributed by atoms with Crippen LogP contribution in [0.2, 0.25) is 5.15 Å². The van der Waals surface area contributed by atoms with Gasteiger partial charge in [-0.1, -0.05) is 45.7 Å². The first kappa shape index (κ1) is 13.3. The van der Waals surface area contributed by atoms with E-state index >= 15 is 0 Å². The smallest absolute Gasteiger partial charge is 0.138 e.